The van der Waals surface area contributed by atoms with Gasteiger partial charge in [0.2, 0.25) is 0 Å². The van der Waals surface area contributed by atoms with Gasteiger partial charge in [-0.05, 0) is 115 Å². The fourth-order valence-corrected chi connectivity index (χ4v) is 9.39. The minimum Gasteiger partial charge on any atom is -0.396 e. The van der Waals surface area contributed by atoms with Crippen LogP contribution in [0, 0.1) is 37.3 Å². The minimum absolute atomic E-state index is 0. The fourth-order valence-electron chi connectivity index (χ4n) is 9.39. The topological polar surface area (TPSA) is 145 Å². The molecule has 14 nitrogen and oxygen atoms in total. The van der Waals surface area contributed by atoms with Crippen LogP contribution in [0.1, 0.15) is 43.2 Å². The monoisotopic (exact) mass is 1070 g/mol. The number of amides is 2. The Labute approximate surface area is 435 Å². The van der Waals surface area contributed by atoms with Crippen molar-refractivity contribution in [1.29, 1.82) is 0 Å². The first kappa shape index (κ1) is 56.2. The summed E-state index contributed by atoms with van der Waals surface area (Å²) in [5.74, 6) is -2.02. The zero-order chi connectivity index (χ0) is 52.9. The number of benzene rings is 2. The minimum atomic E-state index is -4.37. The van der Waals surface area contributed by atoms with Crippen molar-refractivity contribution in [2.24, 2.45) is 25.9 Å². The number of carbonyl (C=O) groups excluding carboxylic acids is 1. The lowest BCUT2D eigenvalue weighted by Gasteiger charge is -2.28. The molecule has 4 aliphatic rings. The quantitative estimate of drug-likeness (QED) is 0.117. The van der Waals surface area contributed by atoms with Crippen molar-refractivity contribution in [3.63, 3.8) is 0 Å². The molecular weight excluding hydrogens is 1010 g/mol. The van der Waals surface area contributed by atoms with E-state index in [1.165, 1.54) is 18.2 Å². The van der Waals surface area contributed by atoms with Crippen molar-refractivity contribution < 1.29 is 49.4 Å². The lowest BCUT2D eigenvalue weighted by molar-refractivity contribution is -0.172. The molecule has 404 valence electrons. The largest absolute Gasteiger partial charge is 0.396 e. The van der Waals surface area contributed by atoms with Crippen LogP contribution >= 0.6 is 12.4 Å². The van der Waals surface area contributed by atoms with Crippen LogP contribution in [0.15, 0.2) is 73.3 Å². The zero-order valence-electron chi connectivity index (χ0n) is 41.9. The van der Waals surface area contributed by atoms with Gasteiger partial charge in [-0.25, -0.2) is 23.5 Å². The van der Waals surface area contributed by atoms with E-state index in [0.29, 0.717) is 69.2 Å². The average molecular weight is 1070 g/mol. The molecule has 0 radical (unpaired) electrons. The summed E-state index contributed by atoms with van der Waals surface area (Å²) in [5.41, 5.74) is 13.9. The summed E-state index contributed by atoms with van der Waals surface area (Å²) in [5, 5.41) is 11.0. The first-order valence-corrected chi connectivity index (χ1v) is 24.4. The number of morpholine rings is 2. The highest BCUT2D eigenvalue weighted by atomic mass is 35.5. The van der Waals surface area contributed by atoms with Crippen LogP contribution in [-0.4, -0.2) is 119 Å². The highest BCUT2D eigenvalue weighted by molar-refractivity contribution is 5.91. The molecule has 3 N–H and O–H groups in total. The van der Waals surface area contributed by atoms with Gasteiger partial charge in [-0.15, -0.1) is 12.4 Å². The number of nitrogens with one attached hydrogen (secondary N) is 1. The number of hydrogen-bond acceptors (Lipinski definition) is 10. The Bertz CT molecular complexity index is 2910. The third kappa shape index (κ3) is 14.1. The Balaban J connectivity index is 0.000000192. The Morgan fingerprint density at radius 1 is 0.627 bits per heavy atom. The van der Waals surface area contributed by atoms with Crippen molar-refractivity contribution >= 4 is 41.4 Å². The van der Waals surface area contributed by atoms with E-state index in [1.807, 2.05) is 57.7 Å². The van der Waals surface area contributed by atoms with Gasteiger partial charge in [0, 0.05) is 76.9 Å². The van der Waals surface area contributed by atoms with Gasteiger partial charge in [0.25, 0.3) is 0 Å². The summed E-state index contributed by atoms with van der Waals surface area (Å²) in [4.78, 5) is 27.8. The summed E-state index contributed by atoms with van der Waals surface area (Å²) in [6.45, 7) is 8.57. The molecule has 1 aliphatic carbocycles. The number of pyridine rings is 2. The SMILES string of the molecule is Cc1cc(F)c(N)cc1-c1cc(-c2cnn(C)c2)nc(N2CCOCC2)c1.Cc1cc(F)c(NC(=O)N2CCC(C(F)(F)F)C2)cc1-c1cc(-c2cnn(C)c2)nc(N2CCOCC2)c1.Cl.FC(F)(F)C1CCCC1. The van der Waals surface area contributed by atoms with Crippen molar-refractivity contribution in [2.75, 3.05) is 86.5 Å². The number of aromatic nitrogens is 6. The van der Waals surface area contributed by atoms with E-state index in [0.717, 1.165) is 81.5 Å². The van der Waals surface area contributed by atoms with Crippen LogP contribution in [0.3, 0.4) is 0 Å². The molecule has 0 bridgehead atoms. The number of hydrogen-bond donors (Lipinski definition) is 2. The maximum absolute atomic E-state index is 14.9. The van der Waals surface area contributed by atoms with Crippen molar-refractivity contribution in [3.8, 4) is 44.8 Å². The Morgan fingerprint density at radius 3 is 1.52 bits per heavy atom. The average Bonchev–Trinajstić information content (AvgIpc) is 4.24. The Kier molecular flexibility index (Phi) is 18.0. The molecule has 1 unspecified atom stereocenters. The second-order valence-electron chi connectivity index (χ2n) is 19.0. The predicted molar refractivity (Wildman–Crippen MR) is 274 cm³/mol. The van der Waals surface area contributed by atoms with Crippen LogP contribution in [0.25, 0.3) is 44.8 Å². The van der Waals surface area contributed by atoms with E-state index in [9.17, 15) is 39.9 Å². The molecule has 23 heteroatoms. The van der Waals surface area contributed by atoms with Crippen LogP contribution in [-0.2, 0) is 23.6 Å². The highest BCUT2D eigenvalue weighted by Gasteiger charge is 2.45. The number of nitrogens with zero attached hydrogens (tertiary/aromatic N) is 9. The van der Waals surface area contributed by atoms with Crippen LogP contribution in [0.4, 0.5) is 62.9 Å². The number of alkyl halides is 6. The predicted octanol–water partition coefficient (Wildman–Crippen LogP) is 11.0. The van der Waals surface area contributed by atoms with Gasteiger partial charge < -0.3 is 35.2 Å². The lowest BCUT2D eigenvalue weighted by Crippen LogP contribution is -2.36. The van der Waals surface area contributed by atoms with Crippen molar-refractivity contribution in [1.82, 2.24) is 34.4 Å². The first-order chi connectivity index (χ1) is 35.2. The number of urea groups is 1. The molecule has 75 heavy (non-hydrogen) atoms. The molecule has 6 aromatic rings. The molecular formula is C52H60ClF8N11O3. The van der Waals surface area contributed by atoms with E-state index >= 15 is 0 Å². The molecule has 10 rings (SSSR count). The van der Waals surface area contributed by atoms with E-state index in [4.69, 9.17) is 25.2 Å². The second-order valence-corrected chi connectivity index (χ2v) is 19.0. The first-order valence-electron chi connectivity index (χ1n) is 24.4. The smallest absolute Gasteiger partial charge is 0.393 e. The lowest BCUT2D eigenvalue weighted by atomic mass is 9.98. The molecule has 3 saturated heterocycles. The maximum atomic E-state index is 14.9. The number of aryl methyl sites for hydroxylation is 4. The molecule has 4 aromatic heterocycles. The van der Waals surface area contributed by atoms with Gasteiger partial charge in [0.05, 0.1) is 73.4 Å². The number of carbonyl (C=O) groups is 1. The molecule has 3 aliphatic heterocycles. The third-order valence-corrected chi connectivity index (χ3v) is 13.6. The molecule has 1 atom stereocenters. The summed E-state index contributed by atoms with van der Waals surface area (Å²) in [7, 11) is 3.69. The maximum Gasteiger partial charge on any atom is 0.393 e. The number of anilines is 4. The standard InChI is InChI=1S/C26H28F4N6O2.C20H22FN5O.C6H9F3.ClH/c1-16-9-21(27)23(33-25(37)36-4-3-19(15-36)26(28,29)30)12-20(16)17-10-22(18-13-31-34(2)14-18)32-24(11-17)35-5-7-38-8-6-35;1-13-7-17(21)18(22)10-16(13)14-8-19(15-11-23-25(2)12-15)24-20(9-14)26-3-5-27-6-4-26;7-6(8,9)5-3-1-2-4-5;/h9-14,19H,3-8,15H2,1-2H3,(H,33,37);7-12H,3-6,22H2,1-2H3;5H,1-4H2;1H. The van der Waals surface area contributed by atoms with Gasteiger partial charge in [-0.3, -0.25) is 9.36 Å². The summed E-state index contributed by atoms with van der Waals surface area (Å²) < 4.78 is 118. The Morgan fingerprint density at radius 2 is 1.09 bits per heavy atom. The molecule has 4 fully saturated rings. The summed E-state index contributed by atoms with van der Waals surface area (Å²) in [6, 6.07) is 13.1. The van der Waals surface area contributed by atoms with Gasteiger partial charge in [0.1, 0.15) is 23.3 Å². The number of nitrogens with two attached hydrogens (primary N) is 1. The van der Waals surface area contributed by atoms with Gasteiger partial charge in [-0.2, -0.15) is 36.5 Å². The summed E-state index contributed by atoms with van der Waals surface area (Å²) in [6.07, 6.45) is 1.03. The number of nitrogen functional groups attached to an aromatic ring is 1. The van der Waals surface area contributed by atoms with E-state index in [2.05, 4.69) is 25.3 Å². The Hall–Kier alpha value is -6.52. The number of halogens is 9. The van der Waals surface area contributed by atoms with Crippen molar-refractivity contribution in [3.05, 3.63) is 96.1 Å². The van der Waals surface area contributed by atoms with Crippen LogP contribution < -0.4 is 20.9 Å². The van der Waals surface area contributed by atoms with Gasteiger partial charge in [-0.1, -0.05) is 12.8 Å². The number of ether oxygens (including phenoxy) is 2. The molecule has 2 aromatic carbocycles. The second kappa shape index (κ2) is 24.0. The molecule has 0 spiro atoms. The normalized spacial score (nSPS) is 17.2. The molecule has 2 amide bonds. The van der Waals surface area contributed by atoms with Gasteiger partial charge in [0.15, 0.2) is 0 Å². The molecule has 1 saturated carbocycles. The third-order valence-electron chi connectivity index (χ3n) is 13.6. The zero-order valence-corrected chi connectivity index (χ0v) is 42.8. The number of rotatable bonds is 7. The number of likely N-dealkylation sites (tertiary alicyclic amines) is 1. The fraction of sp³-hybridized carbons (Fsp3) is 0.442. The van der Waals surface area contributed by atoms with Crippen LogP contribution in [0.5, 0.6) is 0 Å². The van der Waals surface area contributed by atoms with E-state index < -0.39 is 48.4 Å². The highest BCUT2D eigenvalue weighted by Crippen LogP contribution is 2.39. The van der Waals surface area contributed by atoms with E-state index in [-0.39, 0.29) is 36.7 Å². The summed E-state index contributed by atoms with van der Waals surface area (Å²) >= 11 is 0. The molecule has 7 heterocycles. The van der Waals surface area contributed by atoms with Gasteiger partial charge >= 0.3 is 18.4 Å². The van der Waals surface area contributed by atoms with Crippen molar-refractivity contribution in [2.45, 2.75) is 58.3 Å². The van der Waals surface area contributed by atoms with Crippen LogP contribution in [0.2, 0.25) is 0 Å². The van der Waals surface area contributed by atoms with E-state index in [1.54, 1.807) is 34.7 Å².